The molecule has 1 rings (SSSR count). The van der Waals surface area contributed by atoms with Gasteiger partial charge in [-0.05, 0) is 26.2 Å². The van der Waals surface area contributed by atoms with Crippen molar-refractivity contribution in [3.05, 3.63) is 0 Å². The highest BCUT2D eigenvalue weighted by atomic mass is 16.5. The summed E-state index contributed by atoms with van der Waals surface area (Å²) in [6.45, 7) is 4.25. The molecule has 0 spiro atoms. The molecule has 88 valence electrons. The number of ether oxygens (including phenoxy) is 1. The van der Waals surface area contributed by atoms with E-state index in [1.54, 1.807) is 6.92 Å². The number of hydrogen-bond acceptors (Lipinski definition) is 4. The smallest absolute Gasteiger partial charge is 0.325 e. The molecule has 0 aromatic rings. The largest absolute Gasteiger partial charge is 0.465 e. The third-order valence-electron chi connectivity index (χ3n) is 2.79. The Hall–Kier alpha value is -0.610. The fraction of sp³-hybridized carbons (Fsp3) is 0.909. The van der Waals surface area contributed by atoms with Gasteiger partial charge < -0.3 is 9.84 Å². The molecule has 0 saturated carbocycles. The molecule has 0 amide bonds. The van der Waals surface area contributed by atoms with Gasteiger partial charge in [-0.25, -0.2) is 0 Å². The Kier molecular flexibility index (Phi) is 5.05. The SMILES string of the molecule is CCC[C@H]1CC[C@@H](O)[C@H](C(=O)OCC)N1. The number of piperidine rings is 1. The number of carbonyl (C=O) groups is 1. The lowest BCUT2D eigenvalue weighted by atomic mass is 9.93. The predicted octanol–water partition coefficient (Wildman–Crippen LogP) is 0.831. The molecule has 0 unspecified atom stereocenters. The minimum atomic E-state index is -0.600. The second-order valence-corrected chi connectivity index (χ2v) is 4.03. The van der Waals surface area contributed by atoms with E-state index in [0.717, 1.165) is 19.3 Å². The summed E-state index contributed by atoms with van der Waals surface area (Å²) in [7, 11) is 0. The van der Waals surface area contributed by atoms with Crippen molar-refractivity contribution in [3.63, 3.8) is 0 Å². The molecule has 0 bridgehead atoms. The third-order valence-corrected chi connectivity index (χ3v) is 2.79. The fourth-order valence-electron chi connectivity index (χ4n) is 2.02. The van der Waals surface area contributed by atoms with Crippen molar-refractivity contribution in [1.82, 2.24) is 5.32 Å². The van der Waals surface area contributed by atoms with Crippen LogP contribution in [0.15, 0.2) is 0 Å². The van der Waals surface area contributed by atoms with Gasteiger partial charge in [-0.15, -0.1) is 0 Å². The minimum absolute atomic E-state index is 0.328. The van der Waals surface area contributed by atoms with Gasteiger partial charge in [0.25, 0.3) is 0 Å². The van der Waals surface area contributed by atoms with E-state index in [9.17, 15) is 9.90 Å². The summed E-state index contributed by atoms with van der Waals surface area (Å²) in [5.41, 5.74) is 0. The van der Waals surface area contributed by atoms with E-state index in [1.165, 1.54) is 0 Å². The number of rotatable bonds is 4. The van der Waals surface area contributed by atoms with Crippen LogP contribution in [0.3, 0.4) is 0 Å². The van der Waals surface area contributed by atoms with Gasteiger partial charge in [-0.1, -0.05) is 13.3 Å². The first-order valence-electron chi connectivity index (χ1n) is 5.79. The van der Waals surface area contributed by atoms with Crippen LogP contribution in [0.4, 0.5) is 0 Å². The van der Waals surface area contributed by atoms with Crippen LogP contribution in [0.5, 0.6) is 0 Å². The molecule has 0 aromatic carbocycles. The van der Waals surface area contributed by atoms with Crippen molar-refractivity contribution in [3.8, 4) is 0 Å². The quantitative estimate of drug-likeness (QED) is 0.682. The topological polar surface area (TPSA) is 58.6 Å². The molecular formula is C11H21NO3. The maximum atomic E-state index is 11.5. The van der Waals surface area contributed by atoms with E-state index in [1.807, 2.05) is 0 Å². The second-order valence-electron chi connectivity index (χ2n) is 4.03. The highest BCUT2D eigenvalue weighted by molar-refractivity contribution is 5.76. The molecule has 1 heterocycles. The van der Waals surface area contributed by atoms with E-state index in [0.29, 0.717) is 19.1 Å². The Labute approximate surface area is 91.0 Å². The number of aliphatic hydroxyl groups excluding tert-OH is 1. The lowest BCUT2D eigenvalue weighted by Crippen LogP contribution is -2.55. The monoisotopic (exact) mass is 215 g/mol. The molecule has 4 heteroatoms. The van der Waals surface area contributed by atoms with Crippen LogP contribution >= 0.6 is 0 Å². The molecule has 1 saturated heterocycles. The molecule has 1 fully saturated rings. The van der Waals surface area contributed by atoms with Crippen LogP contribution in [0, 0.1) is 0 Å². The molecule has 15 heavy (non-hydrogen) atoms. The number of aliphatic hydroxyl groups is 1. The molecule has 3 atom stereocenters. The van der Waals surface area contributed by atoms with E-state index < -0.39 is 12.1 Å². The average molecular weight is 215 g/mol. The zero-order valence-corrected chi connectivity index (χ0v) is 9.53. The Morgan fingerprint density at radius 1 is 1.47 bits per heavy atom. The third kappa shape index (κ3) is 3.47. The molecule has 4 nitrogen and oxygen atoms in total. The van der Waals surface area contributed by atoms with Gasteiger partial charge in [-0.2, -0.15) is 0 Å². The molecule has 2 N–H and O–H groups in total. The first kappa shape index (κ1) is 12.5. The van der Waals surface area contributed by atoms with Gasteiger partial charge in [0.1, 0.15) is 6.04 Å². The van der Waals surface area contributed by atoms with Gasteiger partial charge in [0, 0.05) is 6.04 Å². The minimum Gasteiger partial charge on any atom is -0.465 e. The van der Waals surface area contributed by atoms with E-state index in [2.05, 4.69) is 12.2 Å². The highest BCUT2D eigenvalue weighted by Crippen LogP contribution is 2.17. The standard InChI is InChI=1S/C11H21NO3/c1-3-5-8-6-7-9(13)10(12-8)11(14)15-4-2/h8-10,12-13H,3-7H2,1-2H3/t8-,9+,10+/m0/s1. The lowest BCUT2D eigenvalue weighted by molar-refractivity contribution is -0.150. The predicted molar refractivity (Wildman–Crippen MR) is 57.5 cm³/mol. The highest BCUT2D eigenvalue weighted by Gasteiger charge is 2.34. The average Bonchev–Trinajstić information content (AvgIpc) is 2.21. The maximum absolute atomic E-state index is 11.5. The number of esters is 1. The molecule has 0 radical (unpaired) electrons. The van der Waals surface area contributed by atoms with Gasteiger partial charge in [-0.3, -0.25) is 10.1 Å². The lowest BCUT2D eigenvalue weighted by Gasteiger charge is -2.33. The number of nitrogens with one attached hydrogen (secondary N) is 1. The summed E-state index contributed by atoms with van der Waals surface area (Å²) < 4.78 is 4.92. The van der Waals surface area contributed by atoms with Gasteiger partial charge in [0.15, 0.2) is 0 Å². The van der Waals surface area contributed by atoms with E-state index in [-0.39, 0.29) is 5.97 Å². The maximum Gasteiger partial charge on any atom is 0.325 e. The van der Waals surface area contributed by atoms with Crippen LogP contribution in [0.1, 0.15) is 39.5 Å². The van der Waals surface area contributed by atoms with E-state index in [4.69, 9.17) is 4.74 Å². The summed E-state index contributed by atoms with van der Waals surface area (Å²) in [6.07, 6.45) is 3.15. The second kappa shape index (κ2) is 6.08. The molecule has 0 aromatic heterocycles. The Morgan fingerprint density at radius 3 is 2.80 bits per heavy atom. The fourth-order valence-corrected chi connectivity index (χ4v) is 2.02. The first-order valence-corrected chi connectivity index (χ1v) is 5.79. The van der Waals surface area contributed by atoms with Crippen molar-refractivity contribution >= 4 is 5.97 Å². The number of carbonyl (C=O) groups excluding carboxylic acids is 1. The first-order chi connectivity index (χ1) is 7.19. The van der Waals surface area contributed by atoms with Crippen molar-refractivity contribution in [2.75, 3.05) is 6.61 Å². The van der Waals surface area contributed by atoms with Crippen molar-refractivity contribution < 1.29 is 14.6 Å². The van der Waals surface area contributed by atoms with Crippen LogP contribution in [0.2, 0.25) is 0 Å². The van der Waals surface area contributed by atoms with Crippen LogP contribution in [-0.2, 0) is 9.53 Å². The summed E-state index contributed by atoms with van der Waals surface area (Å²) in [6, 6.07) is -0.192. The van der Waals surface area contributed by atoms with Crippen molar-refractivity contribution in [2.45, 2.75) is 57.7 Å². The molecule has 1 aliphatic heterocycles. The zero-order valence-electron chi connectivity index (χ0n) is 9.53. The Balaban J connectivity index is 2.49. The van der Waals surface area contributed by atoms with Crippen molar-refractivity contribution in [1.29, 1.82) is 0 Å². The van der Waals surface area contributed by atoms with Gasteiger partial charge in [0.2, 0.25) is 0 Å². The Morgan fingerprint density at radius 2 is 2.20 bits per heavy atom. The number of hydrogen-bond donors (Lipinski definition) is 2. The Bertz CT molecular complexity index is 208. The van der Waals surface area contributed by atoms with Crippen molar-refractivity contribution in [2.24, 2.45) is 0 Å². The summed E-state index contributed by atoms with van der Waals surface area (Å²) in [4.78, 5) is 11.5. The van der Waals surface area contributed by atoms with Crippen LogP contribution < -0.4 is 5.32 Å². The molecule has 0 aliphatic carbocycles. The summed E-state index contributed by atoms with van der Waals surface area (Å²) in [5, 5.41) is 12.9. The van der Waals surface area contributed by atoms with Crippen LogP contribution in [-0.4, -0.2) is 35.9 Å². The summed E-state index contributed by atoms with van der Waals surface area (Å²) >= 11 is 0. The van der Waals surface area contributed by atoms with Gasteiger partial charge in [0.05, 0.1) is 12.7 Å². The molecule has 1 aliphatic rings. The molecular weight excluding hydrogens is 194 g/mol. The van der Waals surface area contributed by atoms with E-state index >= 15 is 0 Å². The van der Waals surface area contributed by atoms with Crippen LogP contribution in [0.25, 0.3) is 0 Å². The zero-order chi connectivity index (χ0) is 11.3. The summed E-state index contributed by atoms with van der Waals surface area (Å²) in [5.74, 6) is -0.328. The van der Waals surface area contributed by atoms with Gasteiger partial charge >= 0.3 is 5.97 Å². The normalized spacial score (nSPS) is 31.3.